The summed E-state index contributed by atoms with van der Waals surface area (Å²) in [6.45, 7) is 15.2. The van der Waals surface area contributed by atoms with Crippen molar-refractivity contribution in [2.75, 3.05) is 39.3 Å². The van der Waals surface area contributed by atoms with Gasteiger partial charge >= 0.3 is 0 Å². The number of carbonyl (C=O) groups is 2. The highest BCUT2D eigenvalue weighted by molar-refractivity contribution is 5.76. The molecule has 0 radical (unpaired) electrons. The summed E-state index contributed by atoms with van der Waals surface area (Å²) in [5, 5.41) is 10.9. The van der Waals surface area contributed by atoms with E-state index in [-0.39, 0.29) is 6.10 Å². The number of carbonyl (C=O) groups excluding carboxylic acids is 2. The van der Waals surface area contributed by atoms with Gasteiger partial charge in [0.25, 0.3) is 0 Å². The summed E-state index contributed by atoms with van der Waals surface area (Å²) in [6.07, 6.45) is 58.3. The van der Waals surface area contributed by atoms with Crippen LogP contribution in [-0.2, 0) is 9.59 Å². The first-order valence-corrected chi connectivity index (χ1v) is 31.0. The highest BCUT2D eigenvalue weighted by Gasteiger charge is 2.30. The molecule has 0 aromatic carbocycles. The summed E-state index contributed by atoms with van der Waals surface area (Å²) in [5.74, 6) is 0.813. The van der Waals surface area contributed by atoms with Crippen molar-refractivity contribution in [1.82, 2.24) is 14.7 Å². The third kappa shape index (κ3) is 39.2. The van der Waals surface area contributed by atoms with Gasteiger partial charge in [0.2, 0.25) is 11.8 Å². The number of unbranched alkanes of at least 4 members (excludes halogenated alkanes) is 36. The van der Waals surface area contributed by atoms with Crippen molar-refractivity contribution in [1.29, 1.82) is 0 Å². The third-order valence-corrected chi connectivity index (χ3v) is 15.4. The zero-order valence-electron chi connectivity index (χ0n) is 46.2. The largest absolute Gasteiger partial charge is 0.391 e. The average Bonchev–Trinajstić information content (AvgIpc) is 3.77. The molecule has 0 aromatic rings. The minimum absolute atomic E-state index is 0.170. The zero-order chi connectivity index (χ0) is 48.5. The molecular weight excluding hydrogens is 823 g/mol. The van der Waals surface area contributed by atoms with Gasteiger partial charge in [-0.05, 0) is 83.7 Å². The van der Waals surface area contributed by atoms with Crippen LogP contribution in [0.15, 0.2) is 0 Å². The van der Waals surface area contributed by atoms with Gasteiger partial charge in [0.15, 0.2) is 0 Å². The van der Waals surface area contributed by atoms with E-state index >= 15 is 0 Å². The van der Waals surface area contributed by atoms with Crippen LogP contribution in [0.5, 0.6) is 0 Å². The molecule has 1 aliphatic rings. The van der Waals surface area contributed by atoms with Crippen LogP contribution in [0, 0.1) is 0 Å². The monoisotopic (exact) mass is 944 g/mol. The molecule has 1 rings (SSSR count). The lowest BCUT2D eigenvalue weighted by atomic mass is 10.1. The highest BCUT2D eigenvalue weighted by atomic mass is 16.3. The SMILES string of the molecule is CCCCCCCCCCN(CCCCCCCCCC)C(=O)CCCCCCCN(CCCCCCCC(=O)N(CCCCCCCCCC)CCCCCCCCCC)C1CCC[C@H]1O. The first-order chi connectivity index (χ1) is 33.0. The Balaban J connectivity index is 2.41. The topological polar surface area (TPSA) is 64.1 Å². The summed E-state index contributed by atoms with van der Waals surface area (Å²) in [7, 11) is 0. The fourth-order valence-corrected chi connectivity index (χ4v) is 10.8. The Morgan fingerprint density at radius 1 is 0.328 bits per heavy atom. The van der Waals surface area contributed by atoms with E-state index in [0.717, 1.165) is 97.1 Å². The van der Waals surface area contributed by atoms with Crippen LogP contribution in [0.25, 0.3) is 0 Å². The van der Waals surface area contributed by atoms with Crippen LogP contribution >= 0.6 is 0 Å². The van der Waals surface area contributed by atoms with Crippen LogP contribution in [0.1, 0.15) is 329 Å². The van der Waals surface area contributed by atoms with Crippen LogP contribution in [-0.4, -0.2) is 83.0 Å². The van der Waals surface area contributed by atoms with E-state index in [0.29, 0.717) is 17.9 Å². The van der Waals surface area contributed by atoms with Gasteiger partial charge in [-0.2, -0.15) is 0 Å². The Labute approximate surface area is 420 Å². The summed E-state index contributed by atoms with van der Waals surface area (Å²) in [5.41, 5.74) is 0. The van der Waals surface area contributed by atoms with Gasteiger partial charge in [0.05, 0.1) is 6.10 Å². The Morgan fingerprint density at radius 2 is 0.567 bits per heavy atom. The molecule has 1 N–H and O–H groups in total. The molecule has 0 spiro atoms. The molecule has 0 heterocycles. The second-order valence-corrected chi connectivity index (χ2v) is 21.8. The van der Waals surface area contributed by atoms with E-state index in [1.165, 1.54) is 244 Å². The number of amides is 2. The highest BCUT2D eigenvalue weighted by Crippen LogP contribution is 2.26. The number of hydrogen-bond acceptors (Lipinski definition) is 4. The van der Waals surface area contributed by atoms with E-state index in [1.807, 2.05) is 0 Å². The van der Waals surface area contributed by atoms with Crippen molar-refractivity contribution >= 4 is 11.8 Å². The first kappa shape index (κ1) is 63.9. The molecule has 67 heavy (non-hydrogen) atoms. The molecule has 1 aliphatic carbocycles. The molecule has 398 valence electrons. The predicted octanol–water partition coefficient (Wildman–Crippen LogP) is 18.1. The molecule has 0 aliphatic heterocycles. The molecule has 2 atom stereocenters. The van der Waals surface area contributed by atoms with E-state index < -0.39 is 0 Å². The van der Waals surface area contributed by atoms with Gasteiger partial charge in [-0.1, -0.05) is 246 Å². The van der Waals surface area contributed by atoms with Gasteiger partial charge in [0, 0.05) is 45.1 Å². The van der Waals surface area contributed by atoms with Crippen molar-refractivity contribution in [3.05, 3.63) is 0 Å². The summed E-state index contributed by atoms with van der Waals surface area (Å²) in [6, 6.07) is 0.330. The lowest BCUT2D eigenvalue weighted by Crippen LogP contribution is -2.41. The molecule has 0 bridgehead atoms. The summed E-state index contributed by atoms with van der Waals surface area (Å²) in [4.78, 5) is 34.0. The Bertz CT molecular complexity index is 929. The van der Waals surface area contributed by atoms with Crippen molar-refractivity contribution in [3.8, 4) is 0 Å². The maximum atomic E-state index is 13.5. The van der Waals surface area contributed by atoms with Gasteiger partial charge < -0.3 is 14.9 Å². The number of rotatable bonds is 53. The van der Waals surface area contributed by atoms with Gasteiger partial charge in [-0.3, -0.25) is 14.5 Å². The average molecular weight is 945 g/mol. The molecule has 1 unspecified atom stereocenters. The number of aliphatic hydroxyl groups is 1. The van der Waals surface area contributed by atoms with Crippen LogP contribution in [0.4, 0.5) is 0 Å². The quantitative estimate of drug-likeness (QED) is 0.0617. The lowest BCUT2D eigenvalue weighted by Gasteiger charge is -2.31. The molecule has 0 saturated heterocycles. The number of aliphatic hydroxyl groups excluding tert-OH is 1. The summed E-state index contributed by atoms with van der Waals surface area (Å²) >= 11 is 0. The molecule has 0 aromatic heterocycles. The normalized spacial score (nSPS) is 15.0. The van der Waals surface area contributed by atoms with Crippen molar-refractivity contribution < 1.29 is 14.7 Å². The van der Waals surface area contributed by atoms with Gasteiger partial charge in [0.1, 0.15) is 0 Å². The van der Waals surface area contributed by atoms with Crippen molar-refractivity contribution in [3.63, 3.8) is 0 Å². The van der Waals surface area contributed by atoms with E-state index in [4.69, 9.17) is 0 Å². The Hall–Kier alpha value is -1.14. The van der Waals surface area contributed by atoms with E-state index in [9.17, 15) is 14.7 Å². The minimum atomic E-state index is -0.170. The zero-order valence-corrected chi connectivity index (χ0v) is 46.2. The van der Waals surface area contributed by atoms with Gasteiger partial charge in [-0.25, -0.2) is 0 Å². The van der Waals surface area contributed by atoms with Gasteiger partial charge in [-0.15, -0.1) is 0 Å². The fraction of sp³-hybridized carbons (Fsp3) is 0.967. The predicted molar refractivity (Wildman–Crippen MR) is 294 cm³/mol. The van der Waals surface area contributed by atoms with E-state index in [1.54, 1.807) is 0 Å². The molecule has 2 amide bonds. The van der Waals surface area contributed by atoms with Crippen molar-refractivity contribution in [2.24, 2.45) is 0 Å². The molecule has 6 heteroatoms. The van der Waals surface area contributed by atoms with E-state index in [2.05, 4.69) is 42.4 Å². The third-order valence-electron chi connectivity index (χ3n) is 15.4. The lowest BCUT2D eigenvalue weighted by molar-refractivity contribution is -0.132. The fourth-order valence-electron chi connectivity index (χ4n) is 10.8. The van der Waals surface area contributed by atoms with Crippen LogP contribution < -0.4 is 0 Å². The summed E-state index contributed by atoms with van der Waals surface area (Å²) < 4.78 is 0. The minimum Gasteiger partial charge on any atom is -0.391 e. The number of nitrogens with zero attached hydrogens (tertiary/aromatic N) is 3. The molecule has 1 fully saturated rings. The standard InChI is InChI=1S/C61H121N3O3/c1-5-9-13-17-21-25-33-43-54-63(55-44-34-26-22-18-14-10-6-2)60(66)50-39-31-29-37-41-52-62(58-48-47-49-59(58)65)53-42-38-30-32-40-51-61(67)64(56-45-35-27-23-19-15-11-7-3)57-46-36-28-24-20-16-12-8-4/h58-59,65H,5-57H2,1-4H3/t58?,59-/m1/s1. The first-order valence-electron chi connectivity index (χ1n) is 31.0. The number of hydrogen-bond donors (Lipinski definition) is 1. The van der Waals surface area contributed by atoms with Crippen LogP contribution in [0.2, 0.25) is 0 Å². The second kappa shape index (κ2) is 49.8. The second-order valence-electron chi connectivity index (χ2n) is 21.8. The smallest absolute Gasteiger partial charge is 0.222 e. The maximum absolute atomic E-state index is 13.5. The van der Waals surface area contributed by atoms with Crippen molar-refractivity contribution in [2.45, 2.75) is 342 Å². The molecular formula is C61H121N3O3. The Kier molecular flexibility index (Phi) is 47.5. The molecule has 1 saturated carbocycles. The molecule has 6 nitrogen and oxygen atoms in total. The maximum Gasteiger partial charge on any atom is 0.222 e. The van der Waals surface area contributed by atoms with Crippen LogP contribution in [0.3, 0.4) is 0 Å². The Morgan fingerprint density at radius 3 is 0.821 bits per heavy atom.